The maximum Gasteiger partial charge on any atom is 0.327 e. The van der Waals surface area contributed by atoms with Crippen LogP contribution in [0.25, 0.3) is 22.1 Å². The average molecular weight is 439 g/mol. The van der Waals surface area contributed by atoms with E-state index < -0.39 is 17.4 Å². The van der Waals surface area contributed by atoms with Crippen molar-refractivity contribution in [2.75, 3.05) is 5.75 Å². The molecule has 2 N–H and O–H groups in total. The molecule has 2 aromatic heterocycles. The topological polar surface area (TPSA) is 92.9 Å². The summed E-state index contributed by atoms with van der Waals surface area (Å²) in [5, 5.41) is 10.7. The van der Waals surface area contributed by atoms with Crippen LogP contribution in [-0.2, 0) is 11.3 Å². The summed E-state index contributed by atoms with van der Waals surface area (Å²) < 4.78 is 3.59. The van der Waals surface area contributed by atoms with Gasteiger partial charge in [-0.1, -0.05) is 56.8 Å². The Morgan fingerprint density at radius 2 is 1.81 bits per heavy atom. The van der Waals surface area contributed by atoms with E-state index in [1.807, 2.05) is 73.9 Å². The predicted molar refractivity (Wildman–Crippen MR) is 124 cm³/mol. The second-order valence-electron chi connectivity index (χ2n) is 8.66. The van der Waals surface area contributed by atoms with E-state index in [1.165, 1.54) is 11.8 Å². The lowest BCUT2D eigenvalue weighted by Gasteiger charge is -2.29. The quantitative estimate of drug-likeness (QED) is 0.327. The van der Waals surface area contributed by atoms with Gasteiger partial charge in [0.25, 0.3) is 0 Å². The Morgan fingerprint density at radius 3 is 2.52 bits per heavy atom. The molecule has 2 heterocycles. The molecule has 0 saturated carbocycles. The molecule has 162 valence electrons. The summed E-state index contributed by atoms with van der Waals surface area (Å²) in [5.41, 5.74) is 2.73. The van der Waals surface area contributed by atoms with Crippen LogP contribution in [0.1, 0.15) is 33.2 Å². The summed E-state index contributed by atoms with van der Waals surface area (Å²) in [6.45, 7) is 6.37. The molecule has 2 aromatic carbocycles. The van der Waals surface area contributed by atoms with Gasteiger partial charge in [0.15, 0.2) is 5.16 Å². The third-order valence-electron chi connectivity index (χ3n) is 5.31. The normalized spacial score (nSPS) is 13.1. The number of hydrogen-bond acceptors (Lipinski definition) is 4. The van der Waals surface area contributed by atoms with Crippen molar-refractivity contribution in [1.29, 1.82) is 0 Å². The number of hydrogen-bond donors (Lipinski definition) is 2. The molecule has 0 amide bonds. The zero-order chi connectivity index (χ0) is 22.2. The largest absolute Gasteiger partial charge is 0.480 e. The van der Waals surface area contributed by atoms with Gasteiger partial charge in [0.1, 0.15) is 6.04 Å². The second-order valence-corrected chi connectivity index (χ2v) is 9.72. The minimum atomic E-state index is -0.872. The molecule has 0 aliphatic carbocycles. The third kappa shape index (κ3) is 4.12. The Kier molecular flexibility index (Phi) is 5.66. The van der Waals surface area contributed by atoms with E-state index in [4.69, 9.17) is 4.98 Å². The standard InChI is InChI=1S/C23H26N4O3S/c1-23(2,3)19(20(28)29)27-18-12-7-5-10-16(18)25-22(27)31-14-8-13-26-17-11-6-4-9-15(17)24-21(26)30/h4-7,9-12,19H,8,13-14H2,1-3H3,(H,24,30)(H,28,29). The summed E-state index contributed by atoms with van der Waals surface area (Å²) in [4.78, 5) is 32.1. The summed E-state index contributed by atoms with van der Waals surface area (Å²) in [6.07, 6.45) is 0.753. The van der Waals surface area contributed by atoms with Crippen LogP contribution < -0.4 is 5.69 Å². The van der Waals surface area contributed by atoms with E-state index in [0.717, 1.165) is 28.5 Å². The van der Waals surface area contributed by atoms with Crippen molar-refractivity contribution < 1.29 is 9.90 Å². The molecule has 8 heteroatoms. The van der Waals surface area contributed by atoms with Crippen molar-refractivity contribution >= 4 is 39.8 Å². The Balaban J connectivity index is 1.58. The summed E-state index contributed by atoms with van der Waals surface area (Å²) in [5.74, 6) is -0.158. The number of nitrogens with one attached hydrogen (secondary N) is 1. The number of benzene rings is 2. The number of nitrogens with zero attached hydrogens (tertiary/aromatic N) is 3. The number of aliphatic carboxylic acids is 1. The highest BCUT2D eigenvalue weighted by Crippen LogP contribution is 2.37. The number of carbonyl (C=O) groups is 1. The highest BCUT2D eigenvalue weighted by Gasteiger charge is 2.35. The van der Waals surface area contributed by atoms with Gasteiger partial charge >= 0.3 is 11.7 Å². The first-order valence-electron chi connectivity index (χ1n) is 10.3. The van der Waals surface area contributed by atoms with Crippen LogP contribution >= 0.6 is 11.8 Å². The minimum Gasteiger partial charge on any atom is -0.480 e. The van der Waals surface area contributed by atoms with E-state index in [9.17, 15) is 14.7 Å². The molecule has 1 atom stereocenters. The molecule has 7 nitrogen and oxygen atoms in total. The molecule has 4 rings (SSSR count). The van der Waals surface area contributed by atoms with E-state index in [-0.39, 0.29) is 5.69 Å². The van der Waals surface area contributed by atoms with Crippen LogP contribution in [0.4, 0.5) is 0 Å². The lowest BCUT2D eigenvalue weighted by molar-refractivity contribution is -0.144. The van der Waals surface area contributed by atoms with Crippen LogP contribution in [0.3, 0.4) is 0 Å². The molecule has 0 aliphatic heterocycles. The molecule has 0 aliphatic rings. The Labute approximate surface area is 184 Å². The molecule has 1 unspecified atom stereocenters. The van der Waals surface area contributed by atoms with Gasteiger partial charge in [0.2, 0.25) is 0 Å². The molecular weight excluding hydrogens is 412 g/mol. The Morgan fingerprint density at radius 1 is 1.13 bits per heavy atom. The molecule has 0 spiro atoms. The van der Waals surface area contributed by atoms with Gasteiger partial charge in [-0.2, -0.15) is 0 Å². The third-order valence-corrected chi connectivity index (χ3v) is 6.35. The maximum atomic E-state index is 12.3. The number of aromatic nitrogens is 4. The molecule has 4 aromatic rings. The van der Waals surface area contributed by atoms with E-state index in [2.05, 4.69) is 4.98 Å². The van der Waals surface area contributed by atoms with Gasteiger partial charge in [-0.05, 0) is 36.1 Å². The number of rotatable bonds is 7. The number of carboxylic acids is 1. The molecule has 0 bridgehead atoms. The van der Waals surface area contributed by atoms with Crippen LogP contribution in [-0.4, -0.2) is 35.9 Å². The maximum absolute atomic E-state index is 12.3. The lowest BCUT2D eigenvalue weighted by Crippen LogP contribution is -2.32. The number of imidazole rings is 2. The van der Waals surface area contributed by atoms with Gasteiger partial charge in [-0.15, -0.1) is 0 Å². The number of thioether (sulfide) groups is 1. The smallest absolute Gasteiger partial charge is 0.327 e. The Bertz CT molecular complexity index is 1300. The molecule has 31 heavy (non-hydrogen) atoms. The first kappa shape index (κ1) is 21.2. The van der Waals surface area contributed by atoms with Crippen molar-refractivity contribution in [1.82, 2.24) is 19.1 Å². The van der Waals surface area contributed by atoms with Gasteiger partial charge in [0.05, 0.1) is 22.1 Å². The van der Waals surface area contributed by atoms with Gasteiger partial charge in [-0.25, -0.2) is 14.6 Å². The predicted octanol–water partition coefficient (Wildman–Crippen LogP) is 4.53. The lowest BCUT2D eigenvalue weighted by atomic mass is 9.86. The van der Waals surface area contributed by atoms with E-state index in [0.29, 0.717) is 17.5 Å². The van der Waals surface area contributed by atoms with Crippen molar-refractivity contribution in [3.05, 3.63) is 59.0 Å². The van der Waals surface area contributed by atoms with Crippen molar-refractivity contribution in [3.8, 4) is 0 Å². The highest BCUT2D eigenvalue weighted by molar-refractivity contribution is 7.99. The molecule has 0 fully saturated rings. The van der Waals surface area contributed by atoms with Gasteiger partial charge in [-0.3, -0.25) is 4.57 Å². The number of fused-ring (bicyclic) bond motifs is 2. The summed E-state index contributed by atoms with van der Waals surface area (Å²) >= 11 is 1.53. The van der Waals surface area contributed by atoms with Crippen LogP contribution in [0.2, 0.25) is 0 Å². The first-order valence-corrected chi connectivity index (χ1v) is 11.3. The van der Waals surface area contributed by atoms with Gasteiger partial charge in [0, 0.05) is 12.3 Å². The van der Waals surface area contributed by atoms with Crippen molar-refractivity contribution in [3.63, 3.8) is 0 Å². The SMILES string of the molecule is CC(C)(C)C(C(=O)O)n1c(SCCCn2c(=O)[nH]c3ccccc32)nc2ccccc21. The fourth-order valence-corrected chi connectivity index (χ4v) is 4.92. The number of aromatic amines is 1. The zero-order valence-corrected chi connectivity index (χ0v) is 18.6. The van der Waals surface area contributed by atoms with Crippen LogP contribution in [0.5, 0.6) is 0 Å². The first-order chi connectivity index (χ1) is 14.8. The van der Waals surface area contributed by atoms with E-state index >= 15 is 0 Å². The van der Waals surface area contributed by atoms with Crippen molar-refractivity contribution in [2.24, 2.45) is 5.41 Å². The summed E-state index contributed by atoms with van der Waals surface area (Å²) in [6, 6.07) is 14.5. The van der Waals surface area contributed by atoms with Crippen molar-refractivity contribution in [2.45, 2.75) is 44.9 Å². The van der Waals surface area contributed by atoms with Gasteiger partial charge < -0.3 is 14.7 Å². The average Bonchev–Trinajstić information content (AvgIpc) is 3.21. The zero-order valence-electron chi connectivity index (χ0n) is 17.8. The highest BCUT2D eigenvalue weighted by atomic mass is 32.2. The minimum absolute atomic E-state index is 0.114. The Hall–Kier alpha value is -3.00. The van der Waals surface area contributed by atoms with Crippen LogP contribution in [0, 0.1) is 5.41 Å². The monoisotopic (exact) mass is 438 g/mol. The molecule has 0 radical (unpaired) electrons. The molecular formula is C23H26N4O3S. The van der Waals surface area contributed by atoms with Crippen LogP contribution in [0.15, 0.2) is 58.5 Å². The number of H-pyrrole nitrogens is 1. The summed E-state index contributed by atoms with van der Waals surface area (Å²) in [7, 11) is 0. The molecule has 0 saturated heterocycles. The number of para-hydroxylation sites is 4. The number of aryl methyl sites for hydroxylation is 1. The second kappa shape index (κ2) is 8.26. The van der Waals surface area contributed by atoms with E-state index in [1.54, 1.807) is 4.57 Å². The fraction of sp³-hybridized carbons (Fsp3) is 0.348. The fourth-order valence-electron chi connectivity index (χ4n) is 3.96. The number of carboxylic acid groups (broad SMARTS) is 1.